The van der Waals surface area contributed by atoms with Crippen molar-refractivity contribution in [2.45, 2.75) is 82.3 Å². The number of thioether (sulfide) groups is 1. The summed E-state index contributed by atoms with van der Waals surface area (Å²) in [6.07, 6.45) is 5.12. The Balaban J connectivity index is 0.000000972. The Bertz CT molecular complexity index is 1370. The molecule has 0 radical (unpaired) electrons. The third-order valence-electron chi connectivity index (χ3n) is 8.52. The van der Waals surface area contributed by atoms with Gasteiger partial charge in [0.15, 0.2) is 5.78 Å². The fraction of sp³-hybridized carbons (Fsp3) is 0.457. The minimum Gasteiger partial charge on any atom is -0.369 e. The van der Waals surface area contributed by atoms with E-state index in [0.29, 0.717) is 10.7 Å². The van der Waals surface area contributed by atoms with Gasteiger partial charge in [0.05, 0.1) is 0 Å². The van der Waals surface area contributed by atoms with Crippen LogP contribution in [0, 0.1) is 19.3 Å². The van der Waals surface area contributed by atoms with Crippen LogP contribution in [0.5, 0.6) is 0 Å². The number of ketones is 1. The maximum Gasteiger partial charge on any atom is 0.194 e. The molecule has 2 fully saturated rings. The van der Waals surface area contributed by atoms with E-state index in [9.17, 15) is 4.79 Å². The molecule has 0 atom stereocenters. The fourth-order valence-electron chi connectivity index (χ4n) is 6.18. The molecule has 6 rings (SSSR count). The van der Waals surface area contributed by atoms with Crippen LogP contribution in [0.1, 0.15) is 80.4 Å². The highest BCUT2D eigenvalue weighted by molar-refractivity contribution is 8.59. The zero-order chi connectivity index (χ0) is 30.4. The molecular formula is C35H46N2OS4. The number of piperazine rings is 1. The van der Waals surface area contributed by atoms with E-state index in [0.717, 1.165) is 53.3 Å². The minimum absolute atomic E-state index is 0.185. The predicted octanol–water partition coefficient (Wildman–Crippen LogP) is 10.2. The summed E-state index contributed by atoms with van der Waals surface area (Å²) in [5.41, 5.74) is 8.43. The summed E-state index contributed by atoms with van der Waals surface area (Å²) in [7, 11) is 0. The minimum atomic E-state index is 0.185. The lowest BCUT2D eigenvalue weighted by Crippen LogP contribution is -2.43. The van der Waals surface area contributed by atoms with Crippen LogP contribution in [-0.4, -0.2) is 41.5 Å². The number of fused-ring (bicyclic) bond motifs is 3. The van der Waals surface area contributed by atoms with E-state index in [-0.39, 0.29) is 5.78 Å². The highest BCUT2D eigenvalue weighted by Crippen LogP contribution is 2.44. The monoisotopic (exact) mass is 638 g/mol. The summed E-state index contributed by atoms with van der Waals surface area (Å²) < 4.78 is 2.44. The van der Waals surface area contributed by atoms with Crippen LogP contribution in [-0.2, 0) is 0 Å². The molecule has 0 N–H and O–H groups in total. The van der Waals surface area contributed by atoms with Gasteiger partial charge in [0.2, 0.25) is 0 Å². The molecule has 2 aliphatic carbocycles. The standard InChI is InChI=1S/C33H38N2OS2.C2H6.H2S2/c1-22-5-10-31(23(2)19-22)34-15-17-35(18-16-34)38-26-7-9-28-27-8-6-25(20-29(27)32(36)30(28)21-26)37-24-11-13-33(3,4)14-12-24;2*1-2/h5-10,19-21,24H,11-18H2,1-4H3;1-2H3;1-2H. The van der Waals surface area contributed by atoms with Crippen molar-refractivity contribution in [1.29, 1.82) is 0 Å². The first-order valence-electron chi connectivity index (χ1n) is 15.2. The summed E-state index contributed by atoms with van der Waals surface area (Å²) in [5.74, 6) is 0.185. The van der Waals surface area contributed by atoms with Crippen LogP contribution < -0.4 is 4.90 Å². The molecule has 1 saturated carbocycles. The number of nitrogens with zero attached hydrogens (tertiary/aromatic N) is 2. The molecule has 3 aromatic carbocycles. The molecule has 3 nitrogen and oxygen atoms in total. The molecule has 0 amide bonds. The van der Waals surface area contributed by atoms with Crippen molar-refractivity contribution >= 4 is 58.5 Å². The maximum atomic E-state index is 13.5. The van der Waals surface area contributed by atoms with E-state index >= 15 is 0 Å². The van der Waals surface area contributed by atoms with Gasteiger partial charge in [-0.2, -0.15) is 0 Å². The highest BCUT2D eigenvalue weighted by atomic mass is 33.1. The van der Waals surface area contributed by atoms with E-state index in [1.807, 2.05) is 25.6 Å². The first-order chi connectivity index (χ1) is 20.3. The second-order valence-corrected chi connectivity index (χ2v) is 14.6. The summed E-state index contributed by atoms with van der Waals surface area (Å²) in [4.78, 5) is 18.4. The van der Waals surface area contributed by atoms with Crippen LogP contribution >= 0.6 is 47.0 Å². The molecule has 0 unspecified atom stereocenters. The van der Waals surface area contributed by atoms with E-state index in [4.69, 9.17) is 0 Å². The molecule has 3 aromatic rings. The van der Waals surface area contributed by atoms with Gasteiger partial charge in [-0.15, -0.1) is 35.1 Å². The van der Waals surface area contributed by atoms with E-state index in [2.05, 4.69) is 115 Å². The SMILES string of the molecule is CC.Cc1ccc(N2CCN(Sc3ccc4c(c3)C(=O)c3cc(SC5CCC(C)(C)CC5)ccc3-4)CC2)c(C)c1.SS. The van der Waals surface area contributed by atoms with Crippen molar-refractivity contribution in [3.8, 4) is 11.1 Å². The smallest absolute Gasteiger partial charge is 0.194 e. The Hall–Kier alpha value is -1.51. The van der Waals surface area contributed by atoms with Crippen LogP contribution in [0.2, 0.25) is 0 Å². The number of hydrogen-bond donors (Lipinski definition) is 2. The number of hydrogen-bond acceptors (Lipinski definition) is 7. The number of carbonyl (C=O) groups is 1. The molecule has 3 aliphatic rings. The first kappa shape index (κ1) is 33.4. The number of anilines is 1. The van der Waals surface area contributed by atoms with Gasteiger partial charge in [0.1, 0.15) is 0 Å². The van der Waals surface area contributed by atoms with Crippen LogP contribution in [0.4, 0.5) is 5.69 Å². The summed E-state index contributed by atoms with van der Waals surface area (Å²) >= 11 is 10.2. The molecule has 7 heteroatoms. The van der Waals surface area contributed by atoms with Crippen molar-refractivity contribution in [1.82, 2.24) is 4.31 Å². The van der Waals surface area contributed by atoms with Gasteiger partial charge in [-0.3, -0.25) is 4.79 Å². The molecule has 1 aliphatic heterocycles. The quantitative estimate of drug-likeness (QED) is 0.129. The predicted molar refractivity (Wildman–Crippen MR) is 192 cm³/mol. The molecular weight excluding hydrogens is 593 g/mol. The Morgan fingerprint density at radius 3 is 1.93 bits per heavy atom. The van der Waals surface area contributed by atoms with Gasteiger partial charge in [-0.25, -0.2) is 4.31 Å². The Morgan fingerprint density at radius 2 is 1.33 bits per heavy atom. The third kappa shape index (κ3) is 7.76. The molecule has 0 spiro atoms. The lowest BCUT2D eigenvalue weighted by Gasteiger charge is -2.36. The number of carbonyl (C=O) groups excluding carboxylic acids is 1. The van der Waals surface area contributed by atoms with Crippen molar-refractivity contribution in [3.05, 3.63) is 76.9 Å². The van der Waals surface area contributed by atoms with E-state index in [1.165, 1.54) is 47.4 Å². The van der Waals surface area contributed by atoms with Gasteiger partial charge in [-0.05, 0) is 104 Å². The third-order valence-corrected chi connectivity index (χ3v) is 10.9. The van der Waals surface area contributed by atoms with Crippen molar-refractivity contribution < 1.29 is 4.79 Å². The molecule has 1 saturated heterocycles. The summed E-state index contributed by atoms with van der Waals surface area (Å²) in [6.45, 7) is 17.2. The van der Waals surface area contributed by atoms with Gasteiger partial charge >= 0.3 is 0 Å². The summed E-state index contributed by atoms with van der Waals surface area (Å²) in [5, 5.41) is 0.665. The van der Waals surface area contributed by atoms with Crippen molar-refractivity contribution in [2.24, 2.45) is 5.41 Å². The number of rotatable bonds is 5. The number of aryl methyl sites for hydroxylation is 2. The zero-order valence-electron chi connectivity index (χ0n) is 25.9. The van der Waals surface area contributed by atoms with Gasteiger partial charge in [0, 0.05) is 58.0 Å². The lowest BCUT2D eigenvalue weighted by molar-refractivity contribution is 0.104. The molecule has 226 valence electrons. The van der Waals surface area contributed by atoms with Crippen LogP contribution in [0.25, 0.3) is 11.1 Å². The topological polar surface area (TPSA) is 23.6 Å². The van der Waals surface area contributed by atoms with Crippen molar-refractivity contribution in [2.75, 3.05) is 31.1 Å². The van der Waals surface area contributed by atoms with E-state index in [1.54, 1.807) is 11.9 Å². The maximum absolute atomic E-state index is 13.5. The highest BCUT2D eigenvalue weighted by Gasteiger charge is 2.30. The van der Waals surface area contributed by atoms with Gasteiger partial charge < -0.3 is 4.90 Å². The summed E-state index contributed by atoms with van der Waals surface area (Å²) in [6, 6.07) is 19.8. The number of benzene rings is 3. The lowest BCUT2D eigenvalue weighted by atomic mass is 9.77. The van der Waals surface area contributed by atoms with E-state index < -0.39 is 0 Å². The Morgan fingerprint density at radius 1 is 0.762 bits per heavy atom. The molecule has 0 bridgehead atoms. The normalized spacial score (nSPS) is 17.9. The Labute approximate surface area is 273 Å². The average Bonchev–Trinajstić information content (AvgIpc) is 3.27. The molecule has 42 heavy (non-hydrogen) atoms. The molecule has 0 aromatic heterocycles. The largest absolute Gasteiger partial charge is 0.369 e. The van der Waals surface area contributed by atoms with Crippen LogP contribution in [0.3, 0.4) is 0 Å². The van der Waals surface area contributed by atoms with Gasteiger partial charge in [-0.1, -0.05) is 57.5 Å². The average molecular weight is 639 g/mol. The number of thiol groups is 2. The Kier molecular flexibility index (Phi) is 11.9. The fourth-order valence-corrected chi connectivity index (χ4v) is 8.31. The second kappa shape index (κ2) is 15.0. The van der Waals surface area contributed by atoms with Crippen molar-refractivity contribution in [3.63, 3.8) is 0 Å². The first-order valence-corrected chi connectivity index (χ1v) is 18.5. The zero-order valence-corrected chi connectivity index (χ0v) is 29.4. The molecule has 1 heterocycles. The van der Waals surface area contributed by atoms with Gasteiger partial charge in [0.25, 0.3) is 0 Å². The van der Waals surface area contributed by atoms with Crippen LogP contribution in [0.15, 0.2) is 64.4 Å². The second-order valence-electron chi connectivity index (χ2n) is 12.0.